The predicted octanol–water partition coefficient (Wildman–Crippen LogP) is 6.50. The standard InChI is InChI=1S/C32H46N2O2/c1-19(8-13-29-33-18-21-7-5-6-20(2)30(21)34-29)25-11-12-26-24-10-9-22-16-23(35)14-15-31(22,3)27(24)17-28(36)32(25,26)4/h5-7,18-19,22-28,35-36H,8-17H2,1-4H3/t19-,22-,23-,24+,25-,26+,27?,28+,31+,32-/m1/s1. The zero-order valence-corrected chi connectivity index (χ0v) is 22.8. The molecule has 0 amide bonds. The van der Waals surface area contributed by atoms with Crippen molar-refractivity contribution in [2.75, 3.05) is 0 Å². The van der Waals surface area contributed by atoms with Gasteiger partial charge in [0.2, 0.25) is 0 Å². The molecule has 0 bridgehead atoms. The monoisotopic (exact) mass is 490 g/mol. The van der Waals surface area contributed by atoms with E-state index in [0.29, 0.717) is 35.0 Å². The fourth-order valence-corrected chi connectivity index (χ4v) is 10.1. The highest BCUT2D eigenvalue weighted by molar-refractivity contribution is 5.80. The first-order valence-electron chi connectivity index (χ1n) is 14.8. The molecule has 0 saturated heterocycles. The van der Waals surface area contributed by atoms with Crippen molar-refractivity contribution in [3.8, 4) is 0 Å². The van der Waals surface area contributed by atoms with E-state index in [9.17, 15) is 10.2 Å². The first-order valence-corrected chi connectivity index (χ1v) is 14.8. The fraction of sp³-hybridized carbons (Fsp3) is 0.750. The molecule has 1 unspecified atom stereocenters. The third-order valence-corrected chi connectivity index (χ3v) is 12.2. The van der Waals surface area contributed by atoms with Gasteiger partial charge in [0.25, 0.3) is 0 Å². The number of aliphatic hydroxyl groups excluding tert-OH is 2. The van der Waals surface area contributed by atoms with Crippen molar-refractivity contribution in [2.45, 2.75) is 104 Å². The number of rotatable bonds is 4. The first-order chi connectivity index (χ1) is 17.2. The maximum atomic E-state index is 11.8. The highest BCUT2D eigenvalue weighted by Gasteiger charge is 2.63. The van der Waals surface area contributed by atoms with Crippen LogP contribution in [-0.4, -0.2) is 32.4 Å². The largest absolute Gasteiger partial charge is 0.393 e. The van der Waals surface area contributed by atoms with E-state index in [-0.39, 0.29) is 17.6 Å². The van der Waals surface area contributed by atoms with E-state index in [2.05, 4.69) is 50.9 Å². The highest BCUT2D eigenvalue weighted by Crippen LogP contribution is 2.68. The van der Waals surface area contributed by atoms with Gasteiger partial charge < -0.3 is 10.2 Å². The maximum Gasteiger partial charge on any atom is 0.128 e. The molecule has 4 saturated carbocycles. The van der Waals surface area contributed by atoms with Crippen LogP contribution in [0, 0.1) is 53.3 Å². The number of fused-ring (bicyclic) bond motifs is 6. The van der Waals surface area contributed by atoms with Crippen LogP contribution in [0.5, 0.6) is 0 Å². The lowest BCUT2D eigenvalue weighted by Gasteiger charge is -2.62. The van der Waals surface area contributed by atoms with Gasteiger partial charge in [-0.05, 0) is 117 Å². The van der Waals surface area contributed by atoms with Crippen LogP contribution < -0.4 is 0 Å². The van der Waals surface area contributed by atoms with Crippen molar-refractivity contribution in [3.05, 3.63) is 35.8 Å². The Morgan fingerprint density at radius 3 is 2.69 bits per heavy atom. The van der Waals surface area contributed by atoms with Crippen molar-refractivity contribution in [1.82, 2.24) is 9.97 Å². The van der Waals surface area contributed by atoms with Gasteiger partial charge in [0.15, 0.2) is 0 Å². The van der Waals surface area contributed by atoms with Crippen LogP contribution in [0.25, 0.3) is 10.9 Å². The van der Waals surface area contributed by atoms with Crippen LogP contribution in [0.2, 0.25) is 0 Å². The van der Waals surface area contributed by atoms with E-state index < -0.39 is 0 Å². The molecule has 36 heavy (non-hydrogen) atoms. The molecule has 0 spiro atoms. The van der Waals surface area contributed by atoms with Crippen molar-refractivity contribution < 1.29 is 10.2 Å². The molecular weight excluding hydrogens is 444 g/mol. The van der Waals surface area contributed by atoms with Crippen LogP contribution in [0.3, 0.4) is 0 Å². The summed E-state index contributed by atoms with van der Waals surface area (Å²) in [4.78, 5) is 9.60. The molecule has 4 fully saturated rings. The number of aromatic nitrogens is 2. The fourth-order valence-electron chi connectivity index (χ4n) is 10.1. The molecule has 4 nitrogen and oxygen atoms in total. The smallest absolute Gasteiger partial charge is 0.128 e. The van der Waals surface area contributed by atoms with Crippen LogP contribution in [-0.2, 0) is 6.42 Å². The quantitative estimate of drug-likeness (QED) is 0.513. The van der Waals surface area contributed by atoms with Crippen molar-refractivity contribution in [2.24, 2.45) is 46.3 Å². The molecule has 1 aromatic heterocycles. The summed E-state index contributed by atoms with van der Waals surface area (Å²) in [6, 6.07) is 6.29. The minimum atomic E-state index is -0.208. The summed E-state index contributed by atoms with van der Waals surface area (Å²) in [5, 5.41) is 23.3. The number of aliphatic hydroxyl groups is 2. The topological polar surface area (TPSA) is 66.2 Å². The molecule has 2 aromatic rings. The van der Waals surface area contributed by atoms with Crippen LogP contribution in [0.1, 0.15) is 89.9 Å². The van der Waals surface area contributed by atoms with E-state index >= 15 is 0 Å². The minimum absolute atomic E-state index is 0.0266. The SMILES string of the molecule is Cc1cccc2cnc(CC[C@@H](C)[C@H]3CC[C@H]4[C@@H]5CC[C@@H]6C[C@H](O)CC[C@]6(C)C5C[C@H](O)[C@]34C)nc12. The summed E-state index contributed by atoms with van der Waals surface area (Å²) in [5.74, 6) is 4.74. The van der Waals surface area contributed by atoms with Gasteiger partial charge in [-0.15, -0.1) is 0 Å². The van der Waals surface area contributed by atoms with E-state index in [0.717, 1.165) is 61.2 Å². The van der Waals surface area contributed by atoms with E-state index in [1.54, 1.807) is 0 Å². The van der Waals surface area contributed by atoms with E-state index in [1.165, 1.54) is 31.2 Å². The Morgan fingerprint density at radius 2 is 1.86 bits per heavy atom. The second-order valence-electron chi connectivity index (χ2n) is 13.7. The van der Waals surface area contributed by atoms with E-state index in [1.807, 2.05) is 6.20 Å². The summed E-state index contributed by atoms with van der Waals surface area (Å²) in [7, 11) is 0. The number of nitrogens with zero attached hydrogens (tertiary/aromatic N) is 2. The van der Waals surface area contributed by atoms with Gasteiger partial charge in [0, 0.05) is 18.0 Å². The normalized spacial score (nSPS) is 43.0. The summed E-state index contributed by atoms with van der Waals surface area (Å²) < 4.78 is 0. The molecule has 196 valence electrons. The Bertz CT molecular complexity index is 1120. The molecule has 4 heteroatoms. The molecule has 6 rings (SSSR count). The van der Waals surface area contributed by atoms with Crippen LogP contribution >= 0.6 is 0 Å². The van der Waals surface area contributed by atoms with Gasteiger partial charge in [-0.3, -0.25) is 0 Å². The molecule has 4 aliphatic carbocycles. The number of hydrogen-bond donors (Lipinski definition) is 2. The van der Waals surface area contributed by atoms with Gasteiger partial charge in [-0.2, -0.15) is 0 Å². The molecule has 1 aromatic carbocycles. The summed E-state index contributed by atoms with van der Waals surface area (Å²) >= 11 is 0. The molecule has 0 aliphatic heterocycles. The highest BCUT2D eigenvalue weighted by atomic mass is 16.3. The van der Waals surface area contributed by atoms with Gasteiger partial charge in [-0.25, -0.2) is 9.97 Å². The molecular formula is C32H46N2O2. The average Bonchev–Trinajstić information content (AvgIpc) is 3.23. The van der Waals surface area contributed by atoms with Crippen molar-refractivity contribution >= 4 is 10.9 Å². The Labute approximate surface area is 217 Å². The van der Waals surface area contributed by atoms with Gasteiger partial charge in [0.1, 0.15) is 5.82 Å². The zero-order valence-electron chi connectivity index (χ0n) is 22.8. The number of aryl methyl sites for hydroxylation is 2. The average molecular weight is 491 g/mol. The Balaban J connectivity index is 1.18. The van der Waals surface area contributed by atoms with E-state index in [4.69, 9.17) is 4.98 Å². The third kappa shape index (κ3) is 3.76. The van der Waals surface area contributed by atoms with Gasteiger partial charge >= 0.3 is 0 Å². The van der Waals surface area contributed by atoms with Gasteiger partial charge in [0.05, 0.1) is 17.7 Å². The Kier molecular flexibility index (Phi) is 6.23. The zero-order chi connectivity index (χ0) is 25.2. The molecule has 2 N–H and O–H groups in total. The Hall–Kier alpha value is -1.52. The molecule has 0 radical (unpaired) electrons. The Morgan fingerprint density at radius 1 is 1.03 bits per heavy atom. The van der Waals surface area contributed by atoms with Crippen molar-refractivity contribution in [3.63, 3.8) is 0 Å². The summed E-state index contributed by atoms with van der Waals surface area (Å²) in [6.07, 6.45) is 12.8. The minimum Gasteiger partial charge on any atom is -0.393 e. The van der Waals surface area contributed by atoms with Crippen LogP contribution in [0.4, 0.5) is 0 Å². The molecule has 1 heterocycles. The van der Waals surface area contributed by atoms with Crippen molar-refractivity contribution in [1.29, 1.82) is 0 Å². The van der Waals surface area contributed by atoms with Crippen LogP contribution in [0.15, 0.2) is 24.4 Å². The first kappa shape index (κ1) is 24.8. The second-order valence-corrected chi connectivity index (χ2v) is 13.7. The molecule has 10 atom stereocenters. The lowest BCUT2D eigenvalue weighted by molar-refractivity contribution is -0.174. The van der Waals surface area contributed by atoms with Gasteiger partial charge in [-0.1, -0.05) is 39.0 Å². The number of benzene rings is 1. The number of para-hydroxylation sites is 1. The third-order valence-electron chi connectivity index (χ3n) is 12.2. The summed E-state index contributed by atoms with van der Waals surface area (Å²) in [6.45, 7) is 9.50. The summed E-state index contributed by atoms with van der Waals surface area (Å²) in [5.41, 5.74) is 2.63. The predicted molar refractivity (Wildman–Crippen MR) is 144 cm³/mol. The second kappa shape index (κ2) is 9.05. The number of hydrogen-bond acceptors (Lipinski definition) is 4. The lowest BCUT2D eigenvalue weighted by Crippen LogP contribution is -2.58. The lowest BCUT2D eigenvalue weighted by atomic mass is 9.43. The molecule has 4 aliphatic rings. The maximum absolute atomic E-state index is 11.8.